The van der Waals surface area contributed by atoms with E-state index >= 15 is 0 Å². The lowest BCUT2D eigenvalue weighted by Crippen LogP contribution is -2.26. The van der Waals surface area contributed by atoms with E-state index in [2.05, 4.69) is 5.32 Å². The Bertz CT molecular complexity index is 430. The number of hydrogen-bond donors (Lipinski definition) is 2. The predicted octanol–water partition coefficient (Wildman–Crippen LogP) is 0.953. The van der Waals surface area contributed by atoms with Gasteiger partial charge in [-0.3, -0.25) is 4.79 Å². The van der Waals surface area contributed by atoms with Crippen LogP contribution in [-0.4, -0.2) is 42.5 Å². The second-order valence-electron chi connectivity index (χ2n) is 4.18. The van der Waals surface area contributed by atoms with Crippen molar-refractivity contribution in [3.8, 4) is 0 Å². The van der Waals surface area contributed by atoms with Crippen LogP contribution in [0.4, 0.5) is 0 Å². The fourth-order valence-electron chi connectivity index (χ4n) is 1.53. The van der Waals surface area contributed by atoms with Crippen LogP contribution in [0.1, 0.15) is 22.3 Å². The molecule has 0 saturated carbocycles. The van der Waals surface area contributed by atoms with Crippen molar-refractivity contribution in [1.82, 2.24) is 10.2 Å². The molecule has 0 bridgehead atoms. The molecule has 1 rings (SSSR count). The topological polar surface area (TPSA) is 69.6 Å². The summed E-state index contributed by atoms with van der Waals surface area (Å²) in [6, 6.07) is 6.84. The number of rotatable bonds is 6. The first-order valence-corrected chi connectivity index (χ1v) is 5.74. The molecule has 0 aromatic heterocycles. The average molecular weight is 250 g/mol. The highest BCUT2D eigenvalue weighted by Gasteiger charge is 2.08. The Kier molecular flexibility index (Phi) is 5.32. The van der Waals surface area contributed by atoms with Crippen LogP contribution >= 0.6 is 0 Å². The Morgan fingerprint density at radius 1 is 1.28 bits per heavy atom. The summed E-state index contributed by atoms with van der Waals surface area (Å²) in [5.41, 5.74) is 1.02. The number of carbonyl (C=O) groups excluding carboxylic acids is 1. The molecule has 1 aromatic rings. The molecule has 0 fully saturated rings. The van der Waals surface area contributed by atoms with E-state index in [0.29, 0.717) is 25.1 Å². The highest BCUT2D eigenvalue weighted by molar-refractivity contribution is 5.89. The first kappa shape index (κ1) is 14.2. The van der Waals surface area contributed by atoms with E-state index < -0.39 is 5.97 Å². The summed E-state index contributed by atoms with van der Waals surface area (Å²) in [4.78, 5) is 23.8. The van der Waals surface area contributed by atoms with E-state index in [1.54, 1.807) is 38.4 Å². The Morgan fingerprint density at radius 2 is 1.94 bits per heavy atom. The van der Waals surface area contributed by atoms with Crippen molar-refractivity contribution in [2.45, 2.75) is 13.0 Å². The predicted molar refractivity (Wildman–Crippen MR) is 68.4 cm³/mol. The summed E-state index contributed by atoms with van der Waals surface area (Å²) in [5.74, 6) is -0.884. The smallest absolute Gasteiger partial charge is 0.336 e. The van der Waals surface area contributed by atoms with Crippen LogP contribution in [0.25, 0.3) is 0 Å². The third-order valence-electron chi connectivity index (χ3n) is 2.58. The summed E-state index contributed by atoms with van der Waals surface area (Å²) in [5, 5.41) is 12.1. The van der Waals surface area contributed by atoms with Crippen molar-refractivity contribution in [3.05, 3.63) is 35.4 Å². The van der Waals surface area contributed by atoms with Gasteiger partial charge in [0, 0.05) is 33.6 Å². The number of benzene rings is 1. The lowest BCUT2D eigenvalue weighted by molar-refractivity contribution is -0.128. The summed E-state index contributed by atoms with van der Waals surface area (Å²) in [7, 11) is 3.42. The number of amides is 1. The second-order valence-corrected chi connectivity index (χ2v) is 4.18. The van der Waals surface area contributed by atoms with Crippen LogP contribution < -0.4 is 5.32 Å². The van der Waals surface area contributed by atoms with Gasteiger partial charge in [0.1, 0.15) is 0 Å². The molecule has 0 saturated heterocycles. The molecule has 5 heteroatoms. The minimum absolute atomic E-state index is 0.0500. The Balaban J connectivity index is 2.45. The third-order valence-corrected chi connectivity index (χ3v) is 2.58. The number of carboxylic acids is 1. The quantitative estimate of drug-likeness (QED) is 0.738. The van der Waals surface area contributed by atoms with Crippen molar-refractivity contribution in [3.63, 3.8) is 0 Å². The molecule has 0 spiro atoms. The van der Waals surface area contributed by atoms with E-state index in [9.17, 15) is 9.59 Å². The van der Waals surface area contributed by atoms with Gasteiger partial charge >= 0.3 is 5.97 Å². The number of nitrogens with one attached hydrogen (secondary N) is 1. The average Bonchev–Trinajstić information content (AvgIpc) is 2.34. The fourth-order valence-corrected chi connectivity index (χ4v) is 1.53. The maximum absolute atomic E-state index is 11.3. The molecule has 1 amide bonds. The van der Waals surface area contributed by atoms with Crippen LogP contribution in [0.2, 0.25) is 0 Å². The van der Waals surface area contributed by atoms with Gasteiger partial charge in [0.15, 0.2) is 0 Å². The number of hydrogen-bond acceptors (Lipinski definition) is 3. The number of carbonyl (C=O) groups is 2. The van der Waals surface area contributed by atoms with Gasteiger partial charge in [0.2, 0.25) is 5.91 Å². The van der Waals surface area contributed by atoms with Crippen LogP contribution in [0, 0.1) is 0 Å². The molecule has 0 aliphatic rings. The molecule has 1 aromatic carbocycles. The van der Waals surface area contributed by atoms with E-state index in [-0.39, 0.29) is 5.91 Å². The number of nitrogens with zero attached hydrogens (tertiary/aromatic N) is 1. The van der Waals surface area contributed by atoms with Crippen LogP contribution in [0.3, 0.4) is 0 Å². The van der Waals surface area contributed by atoms with E-state index in [0.717, 1.165) is 5.56 Å². The maximum Gasteiger partial charge on any atom is 0.336 e. The lowest BCUT2D eigenvalue weighted by atomic mass is 10.1. The van der Waals surface area contributed by atoms with Gasteiger partial charge in [0.05, 0.1) is 5.56 Å². The second kappa shape index (κ2) is 6.76. The van der Waals surface area contributed by atoms with E-state index in [4.69, 9.17) is 5.11 Å². The molecular weight excluding hydrogens is 232 g/mol. The highest BCUT2D eigenvalue weighted by Crippen LogP contribution is 2.08. The zero-order valence-electron chi connectivity index (χ0n) is 10.6. The normalized spacial score (nSPS) is 10.1. The van der Waals surface area contributed by atoms with Gasteiger partial charge in [-0.15, -0.1) is 0 Å². The standard InChI is InChI=1S/C13H18N2O3/c1-15(2)12(16)7-8-14-9-10-5-3-4-6-11(10)13(17)18/h3-6,14H,7-9H2,1-2H3,(H,17,18). The van der Waals surface area contributed by atoms with Gasteiger partial charge in [-0.25, -0.2) is 4.79 Å². The molecular formula is C13H18N2O3. The fraction of sp³-hybridized carbons (Fsp3) is 0.385. The van der Waals surface area contributed by atoms with Crippen molar-refractivity contribution in [2.24, 2.45) is 0 Å². The molecule has 5 nitrogen and oxygen atoms in total. The first-order valence-electron chi connectivity index (χ1n) is 5.74. The summed E-state index contributed by atoms with van der Waals surface area (Å²) in [6.07, 6.45) is 0.405. The number of carboxylic acid groups (broad SMARTS) is 1. The molecule has 0 aliphatic heterocycles. The molecule has 0 unspecified atom stereocenters. The monoisotopic (exact) mass is 250 g/mol. The van der Waals surface area contributed by atoms with Gasteiger partial charge in [-0.1, -0.05) is 18.2 Å². The highest BCUT2D eigenvalue weighted by atomic mass is 16.4. The van der Waals surface area contributed by atoms with Gasteiger partial charge in [-0.2, -0.15) is 0 Å². The van der Waals surface area contributed by atoms with Crippen molar-refractivity contribution in [2.75, 3.05) is 20.6 Å². The van der Waals surface area contributed by atoms with E-state index in [1.165, 1.54) is 4.90 Å². The minimum atomic E-state index is -0.934. The lowest BCUT2D eigenvalue weighted by Gasteiger charge is -2.11. The molecule has 0 aliphatic carbocycles. The number of aromatic carboxylic acids is 1. The zero-order valence-corrected chi connectivity index (χ0v) is 10.6. The molecule has 0 radical (unpaired) electrons. The third kappa shape index (κ3) is 4.18. The summed E-state index contributed by atoms with van der Waals surface area (Å²) in [6.45, 7) is 0.980. The van der Waals surface area contributed by atoms with Crippen molar-refractivity contribution in [1.29, 1.82) is 0 Å². The largest absolute Gasteiger partial charge is 0.478 e. The van der Waals surface area contributed by atoms with Crippen LogP contribution in [0.15, 0.2) is 24.3 Å². The van der Waals surface area contributed by atoms with Gasteiger partial charge < -0.3 is 15.3 Å². The van der Waals surface area contributed by atoms with Crippen LogP contribution in [0.5, 0.6) is 0 Å². The first-order chi connectivity index (χ1) is 8.52. The zero-order chi connectivity index (χ0) is 13.5. The maximum atomic E-state index is 11.3. The Hall–Kier alpha value is -1.88. The Morgan fingerprint density at radius 3 is 2.56 bits per heavy atom. The molecule has 0 heterocycles. The molecule has 98 valence electrons. The van der Waals surface area contributed by atoms with Crippen molar-refractivity contribution < 1.29 is 14.7 Å². The van der Waals surface area contributed by atoms with Crippen molar-refractivity contribution >= 4 is 11.9 Å². The van der Waals surface area contributed by atoms with E-state index in [1.807, 2.05) is 0 Å². The Labute approximate surface area is 106 Å². The minimum Gasteiger partial charge on any atom is -0.478 e. The SMILES string of the molecule is CN(C)C(=O)CCNCc1ccccc1C(=O)O. The molecule has 18 heavy (non-hydrogen) atoms. The van der Waals surface area contributed by atoms with Gasteiger partial charge in [-0.05, 0) is 11.6 Å². The molecule has 0 atom stereocenters. The summed E-state index contributed by atoms with van der Waals surface area (Å²) < 4.78 is 0. The van der Waals surface area contributed by atoms with Gasteiger partial charge in [0.25, 0.3) is 0 Å². The van der Waals surface area contributed by atoms with Crippen LogP contribution in [-0.2, 0) is 11.3 Å². The summed E-state index contributed by atoms with van der Waals surface area (Å²) >= 11 is 0. The molecule has 2 N–H and O–H groups in total.